The minimum atomic E-state index is -3.60. The molecule has 0 saturated carbocycles. The van der Waals surface area contributed by atoms with Gasteiger partial charge in [0.2, 0.25) is 15.9 Å². The van der Waals surface area contributed by atoms with Crippen molar-refractivity contribution in [3.05, 3.63) is 52.2 Å². The SMILES string of the molecule is N#Cc1ccc(S(=O)(=O)N2CCC(C(=O)N3CCC[C@H]3c3cccs3)CC2)cc1. The maximum atomic E-state index is 13.1. The fraction of sp³-hybridized carbons (Fsp3) is 0.429. The van der Waals surface area contributed by atoms with Crippen molar-refractivity contribution in [2.45, 2.75) is 36.6 Å². The second kappa shape index (κ2) is 8.27. The zero-order valence-electron chi connectivity index (χ0n) is 16.0. The third-order valence-electron chi connectivity index (χ3n) is 5.83. The molecule has 0 radical (unpaired) electrons. The number of hydrogen-bond donors (Lipinski definition) is 0. The van der Waals surface area contributed by atoms with Crippen molar-refractivity contribution in [1.29, 1.82) is 5.26 Å². The highest BCUT2D eigenvalue weighted by Crippen LogP contribution is 2.37. The molecule has 1 atom stereocenters. The monoisotopic (exact) mass is 429 g/mol. The molecule has 1 aromatic heterocycles. The number of piperidine rings is 1. The Kier molecular flexibility index (Phi) is 5.72. The highest BCUT2D eigenvalue weighted by Gasteiger charge is 2.37. The van der Waals surface area contributed by atoms with Gasteiger partial charge in [0.15, 0.2) is 0 Å². The molecule has 2 aliphatic heterocycles. The van der Waals surface area contributed by atoms with Crippen molar-refractivity contribution < 1.29 is 13.2 Å². The van der Waals surface area contributed by atoms with Gasteiger partial charge in [-0.2, -0.15) is 9.57 Å². The average molecular weight is 430 g/mol. The Morgan fingerprint density at radius 2 is 1.79 bits per heavy atom. The first-order valence-corrected chi connectivity index (χ1v) is 12.2. The Hall–Kier alpha value is -2.21. The smallest absolute Gasteiger partial charge is 0.243 e. The summed E-state index contributed by atoms with van der Waals surface area (Å²) in [6.07, 6.45) is 3.10. The quantitative estimate of drug-likeness (QED) is 0.746. The van der Waals surface area contributed by atoms with Crippen molar-refractivity contribution in [1.82, 2.24) is 9.21 Å². The second-order valence-electron chi connectivity index (χ2n) is 7.52. The Morgan fingerprint density at radius 1 is 1.07 bits per heavy atom. The summed E-state index contributed by atoms with van der Waals surface area (Å²) >= 11 is 1.69. The van der Waals surface area contributed by atoms with Gasteiger partial charge >= 0.3 is 0 Å². The van der Waals surface area contributed by atoms with E-state index < -0.39 is 10.0 Å². The van der Waals surface area contributed by atoms with Crippen LogP contribution in [0.5, 0.6) is 0 Å². The van der Waals surface area contributed by atoms with E-state index in [4.69, 9.17) is 5.26 Å². The number of thiophene rings is 1. The summed E-state index contributed by atoms with van der Waals surface area (Å²) in [4.78, 5) is 16.6. The van der Waals surface area contributed by atoms with Crippen LogP contribution in [0.2, 0.25) is 0 Å². The number of likely N-dealkylation sites (tertiary alicyclic amines) is 1. The lowest BCUT2D eigenvalue weighted by molar-refractivity contribution is -0.137. The molecule has 0 unspecified atom stereocenters. The lowest BCUT2D eigenvalue weighted by Gasteiger charge is -2.34. The first-order valence-electron chi connectivity index (χ1n) is 9.85. The first kappa shape index (κ1) is 20.1. The molecule has 6 nitrogen and oxygen atoms in total. The molecule has 3 heterocycles. The van der Waals surface area contributed by atoms with E-state index in [1.165, 1.54) is 33.4 Å². The summed E-state index contributed by atoms with van der Waals surface area (Å²) in [6.45, 7) is 1.47. The highest BCUT2D eigenvalue weighted by molar-refractivity contribution is 7.89. The van der Waals surface area contributed by atoms with Crippen LogP contribution in [-0.4, -0.2) is 43.2 Å². The van der Waals surface area contributed by atoms with E-state index >= 15 is 0 Å². The highest BCUT2D eigenvalue weighted by atomic mass is 32.2. The van der Waals surface area contributed by atoms with Gasteiger partial charge in [-0.15, -0.1) is 11.3 Å². The zero-order valence-corrected chi connectivity index (χ0v) is 17.7. The maximum Gasteiger partial charge on any atom is 0.243 e. The predicted octanol–water partition coefficient (Wildman–Crippen LogP) is 3.38. The van der Waals surface area contributed by atoms with Crippen molar-refractivity contribution in [2.75, 3.05) is 19.6 Å². The van der Waals surface area contributed by atoms with Crippen molar-refractivity contribution in [3.63, 3.8) is 0 Å². The molecule has 152 valence electrons. The van der Waals surface area contributed by atoms with Crippen LogP contribution in [0.15, 0.2) is 46.7 Å². The molecule has 29 heavy (non-hydrogen) atoms. The predicted molar refractivity (Wildman–Crippen MR) is 111 cm³/mol. The van der Waals surface area contributed by atoms with E-state index in [-0.39, 0.29) is 22.8 Å². The van der Waals surface area contributed by atoms with Crippen LogP contribution in [0, 0.1) is 17.2 Å². The average Bonchev–Trinajstić information content (AvgIpc) is 3.45. The van der Waals surface area contributed by atoms with E-state index in [1.807, 2.05) is 22.4 Å². The second-order valence-corrected chi connectivity index (χ2v) is 10.4. The van der Waals surface area contributed by atoms with Crippen LogP contribution >= 0.6 is 11.3 Å². The van der Waals surface area contributed by atoms with Crippen LogP contribution in [0.4, 0.5) is 0 Å². The summed E-state index contributed by atoms with van der Waals surface area (Å²) in [7, 11) is -3.60. The zero-order chi connectivity index (χ0) is 20.4. The van der Waals surface area contributed by atoms with Crippen LogP contribution in [0.25, 0.3) is 0 Å². The van der Waals surface area contributed by atoms with Crippen LogP contribution in [-0.2, 0) is 14.8 Å². The summed E-state index contributed by atoms with van der Waals surface area (Å²) in [6, 6.07) is 12.3. The van der Waals surface area contributed by atoms with Crippen LogP contribution < -0.4 is 0 Å². The minimum Gasteiger partial charge on any atom is -0.335 e. The number of rotatable bonds is 4. The van der Waals surface area contributed by atoms with Crippen LogP contribution in [0.1, 0.15) is 42.2 Å². The third kappa shape index (κ3) is 3.95. The van der Waals surface area contributed by atoms with E-state index in [0.29, 0.717) is 31.5 Å². The number of nitrogens with zero attached hydrogens (tertiary/aromatic N) is 3. The number of carbonyl (C=O) groups is 1. The summed E-state index contributed by atoms with van der Waals surface area (Å²) in [5, 5.41) is 10.9. The number of amides is 1. The molecule has 0 N–H and O–H groups in total. The van der Waals surface area contributed by atoms with E-state index in [9.17, 15) is 13.2 Å². The molecule has 2 fully saturated rings. The van der Waals surface area contributed by atoms with Gasteiger partial charge in [0.1, 0.15) is 0 Å². The Labute approximate surface area is 175 Å². The van der Waals surface area contributed by atoms with Gasteiger partial charge in [0.05, 0.1) is 22.6 Å². The van der Waals surface area contributed by atoms with Crippen molar-refractivity contribution in [2.24, 2.45) is 5.92 Å². The summed E-state index contributed by atoms with van der Waals surface area (Å²) in [5.74, 6) is 0.0410. The summed E-state index contributed by atoms with van der Waals surface area (Å²) < 4.78 is 27.2. The van der Waals surface area contributed by atoms with E-state index in [1.54, 1.807) is 11.3 Å². The molecular formula is C21H23N3O3S2. The topological polar surface area (TPSA) is 81.5 Å². The fourth-order valence-corrected chi connectivity index (χ4v) is 6.58. The van der Waals surface area contributed by atoms with Crippen molar-refractivity contribution in [3.8, 4) is 6.07 Å². The number of nitriles is 1. The lowest BCUT2D eigenvalue weighted by Crippen LogP contribution is -2.44. The maximum absolute atomic E-state index is 13.1. The van der Waals surface area contributed by atoms with Gasteiger partial charge in [-0.25, -0.2) is 8.42 Å². The lowest BCUT2D eigenvalue weighted by atomic mass is 9.96. The Balaban J connectivity index is 1.41. The van der Waals surface area contributed by atoms with Gasteiger partial charge in [-0.3, -0.25) is 4.79 Å². The molecule has 0 bridgehead atoms. The molecule has 0 spiro atoms. The van der Waals surface area contributed by atoms with Crippen molar-refractivity contribution >= 4 is 27.3 Å². The molecule has 2 aliphatic rings. The van der Waals surface area contributed by atoms with Gasteiger partial charge in [0, 0.05) is 30.4 Å². The van der Waals surface area contributed by atoms with Gasteiger partial charge in [-0.1, -0.05) is 6.07 Å². The van der Waals surface area contributed by atoms with Gasteiger partial charge < -0.3 is 4.90 Å². The molecule has 2 aromatic rings. The number of hydrogen-bond acceptors (Lipinski definition) is 5. The van der Waals surface area contributed by atoms with E-state index in [0.717, 1.165) is 19.4 Å². The van der Waals surface area contributed by atoms with Crippen LogP contribution in [0.3, 0.4) is 0 Å². The summed E-state index contributed by atoms with van der Waals surface area (Å²) in [5.41, 5.74) is 0.430. The molecule has 8 heteroatoms. The molecule has 2 saturated heterocycles. The van der Waals surface area contributed by atoms with Gasteiger partial charge in [-0.05, 0) is 61.4 Å². The number of benzene rings is 1. The third-order valence-corrected chi connectivity index (χ3v) is 8.72. The molecular weight excluding hydrogens is 406 g/mol. The molecule has 0 aliphatic carbocycles. The standard InChI is InChI=1S/C21H23N3O3S2/c22-15-16-5-7-18(8-6-16)29(26,27)23-12-9-17(10-13-23)21(25)24-11-1-3-19(24)20-4-2-14-28-20/h2,4-8,14,17,19H,1,3,9-13H2/t19-/m0/s1. The van der Waals surface area contributed by atoms with E-state index in [2.05, 4.69) is 6.07 Å². The minimum absolute atomic E-state index is 0.122. The Bertz CT molecular complexity index is 1000. The normalized spacial score (nSPS) is 21.2. The van der Waals surface area contributed by atoms with Gasteiger partial charge in [0.25, 0.3) is 0 Å². The number of sulfonamides is 1. The Morgan fingerprint density at radius 3 is 2.41 bits per heavy atom. The largest absolute Gasteiger partial charge is 0.335 e. The fourth-order valence-electron chi connectivity index (χ4n) is 4.24. The molecule has 1 amide bonds. The first-order chi connectivity index (χ1) is 14.0. The number of carbonyl (C=O) groups excluding carboxylic acids is 1. The molecule has 1 aromatic carbocycles. The molecule has 4 rings (SSSR count).